The first-order valence-corrected chi connectivity index (χ1v) is 9.03. The van der Waals surface area contributed by atoms with Crippen molar-refractivity contribution >= 4 is 0 Å². The highest BCUT2D eigenvalue weighted by Gasteiger charge is 2.20. The maximum absolute atomic E-state index is 3.37. The van der Waals surface area contributed by atoms with E-state index >= 15 is 0 Å². The highest BCUT2D eigenvalue weighted by atomic mass is 15.3. The molecule has 0 spiro atoms. The Bertz CT molecular complexity index is 718. The molecule has 128 valence electrons. The molecular weight excluding hydrogens is 302 g/mol. The van der Waals surface area contributed by atoms with Crippen molar-refractivity contribution in [2.75, 3.05) is 26.2 Å². The van der Waals surface area contributed by atoms with E-state index in [0.29, 0.717) is 0 Å². The van der Waals surface area contributed by atoms with Gasteiger partial charge in [0.05, 0.1) is 13.1 Å². The van der Waals surface area contributed by atoms with Crippen molar-refractivity contribution in [3.05, 3.63) is 70.8 Å². The SMILES string of the molecule is CC[N+](CC)(CC#Cc1ccc(C)cc1)CC#Cc1ccc(C)cc1. The quantitative estimate of drug-likeness (QED) is 0.569. The van der Waals surface area contributed by atoms with Crippen LogP contribution in [0.1, 0.15) is 36.1 Å². The first kappa shape index (κ1) is 18.9. The highest BCUT2D eigenvalue weighted by Crippen LogP contribution is 2.06. The summed E-state index contributed by atoms with van der Waals surface area (Å²) in [5, 5.41) is 0. The van der Waals surface area contributed by atoms with Crippen LogP contribution in [0.4, 0.5) is 0 Å². The number of nitrogens with zero attached hydrogens (tertiary/aromatic N) is 1. The summed E-state index contributed by atoms with van der Waals surface area (Å²) in [5.41, 5.74) is 4.71. The van der Waals surface area contributed by atoms with Crippen LogP contribution in [0.25, 0.3) is 0 Å². The molecule has 2 aromatic carbocycles. The summed E-state index contributed by atoms with van der Waals surface area (Å²) < 4.78 is 0.914. The molecule has 0 bridgehead atoms. The van der Waals surface area contributed by atoms with Crippen LogP contribution in [-0.4, -0.2) is 30.7 Å². The first-order chi connectivity index (χ1) is 12.1. The van der Waals surface area contributed by atoms with Crippen LogP contribution in [0.15, 0.2) is 48.5 Å². The Labute approximate surface area is 153 Å². The molecule has 0 heterocycles. The van der Waals surface area contributed by atoms with E-state index in [0.717, 1.165) is 41.8 Å². The fourth-order valence-electron chi connectivity index (χ4n) is 2.62. The Hall–Kier alpha value is -2.48. The van der Waals surface area contributed by atoms with Gasteiger partial charge in [0.1, 0.15) is 13.1 Å². The van der Waals surface area contributed by atoms with Gasteiger partial charge in [-0.2, -0.15) is 0 Å². The third-order valence-corrected chi connectivity index (χ3v) is 4.74. The number of benzene rings is 2. The number of hydrogen-bond donors (Lipinski definition) is 0. The molecule has 0 N–H and O–H groups in total. The van der Waals surface area contributed by atoms with Gasteiger partial charge in [-0.15, -0.1) is 0 Å². The summed E-state index contributed by atoms with van der Waals surface area (Å²) in [6, 6.07) is 16.8. The summed E-state index contributed by atoms with van der Waals surface area (Å²) in [7, 11) is 0. The zero-order chi connectivity index (χ0) is 18.1. The van der Waals surface area contributed by atoms with Crippen LogP contribution in [0.2, 0.25) is 0 Å². The van der Waals surface area contributed by atoms with Gasteiger partial charge in [-0.1, -0.05) is 47.2 Å². The molecule has 1 heteroatoms. The van der Waals surface area contributed by atoms with E-state index in [-0.39, 0.29) is 0 Å². The molecule has 0 unspecified atom stereocenters. The van der Waals surface area contributed by atoms with Gasteiger partial charge in [-0.25, -0.2) is 0 Å². The van der Waals surface area contributed by atoms with Gasteiger partial charge in [0.2, 0.25) is 0 Å². The monoisotopic (exact) mass is 330 g/mol. The van der Waals surface area contributed by atoms with E-state index in [2.05, 4.69) is 99.9 Å². The maximum Gasteiger partial charge on any atom is 0.142 e. The fourth-order valence-corrected chi connectivity index (χ4v) is 2.62. The second kappa shape index (κ2) is 9.12. The highest BCUT2D eigenvalue weighted by molar-refractivity contribution is 5.36. The van der Waals surface area contributed by atoms with Crippen LogP contribution >= 0.6 is 0 Å². The molecule has 0 aromatic heterocycles. The van der Waals surface area contributed by atoms with E-state index in [9.17, 15) is 0 Å². The van der Waals surface area contributed by atoms with Crippen molar-refractivity contribution < 1.29 is 4.48 Å². The molecule has 0 aliphatic heterocycles. The van der Waals surface area contributed by atoms with Crippen molar-refractivity contribution in [1.82, 2.24) is 0 Å². The molecule has 0 fully saturated rings. The van der Waals surface area contributed by atoms with Gasteiger partial charge >= 0.3 is 0 Å². The predicted molar refractivity (Wildman–Crippen MR) is 107 cm³/mol. The topological polar surface area (TPSA) is 0 Å². The summed E-state index contributed by atoms with van der Waals surface area (Å²) in [6.45, 7) is 12.4. The molecule has 0 aliphatic carbocycles. The Morgan fingerprint density at radius 1 is 0.640 bits per heavy atom. The standard InChI is InChI=1S/C24H28N/c1-5-25(6-2,19-7-9-23-15-11-21(3)12-16-23)20-8-10-24-17-13-22(4)14-18-24/h11-18H,5-6,19-20H2,1-4H3/q+1. The van der Waals surface area contributed by atoms with E-state index in [4.69, 9.17) is 0 Å². The van der Waals surface area contributed by atoms with Crippen LogP contribution in [0.5, 0.6) is 0 Å². The maximum atomic E-state index is 3.37. The molecule has 2 rings (SSSR count). The van der Waals surface area contributed by atoms with Crippen molar-refractivity contribution in [1.29, 1.82) is 0 Å². The molecule has 25 heavy (non-hydrogen) atoms. The van der Waals surface area contributed by atoms with Crippen LogP contribution in [0, 0.1) is 37.5 Å². The number of rotatable bonds is 4. The van der Waals surface area contributed by atoms with Gasteiger partial charge < -0.3 is 4.48 Å². The van der Waals surface area contributed by atoms with Gasteiger partial charge in [-0.3, -0.25) is 0 Å². The summed E-state index contributed by atoms with van der Waals surface area (Å²) >= 11 is 0. The molecular formula is C24H28N+. The summed E-state index contributed by atoms with van der Waals surface area (Å²) in [4.78, 5) is 0. The molecule has 0 atom stereocenters. The van der Waals surface area contributed by atoms with E-state index in [1.165, 1.54) is 11.1 Å². The number of quaternary nitrogens is 1. The lowest BCUT2D eigenvalue weighted by atomic mass is 10.1. The van der Waals surface area contributed by atoms with Gasteiger partial charge in [0, 0.05) is 11.1 Å². The smallest absolute Gasteiger partial charge is 0.142 e. The number of aryl methyl sites for hydroxylation is 2. The predicted octanol–water partition coefficient (Wildman–Crippen LogP) is 4.56. The lowest BCUT2D eigenvalue weighted by molar-refractivity contribution is -0.911. The minimum absolute atomic E-state index is 0.837. The zero-order valence-electron chi connectivity index (χ0n) is 15.9. The average molecular weight is 330 g/mol. The van der Waals surface area contributed by atoms with Crippen LogP contribution < -0.4 is 0 Å². The van der Waals surface area contributed by atoms with Crippen molar-refractivity contribution in [2.45, 2.75) is 27.7 Å². The van der Waals surface area contributed by atoms with Crippen LogP contribution in [0.3, 0.4) is 0 Å². The average Bonchev–Trinajstić information content (AvgIpc) is 2.64. The van der Waals surface area contributed by atoms with E-state index in [1.54, 1.807) is 0 Å². The molecule has 0 aliphatic rings. The molecule has 0 saturated carbocycles. The largest absolute Gasteiger partial charge is 0.304 e. The fraction of sp³-hybridized carbons (Fsp3) is 0.333. The van der Waals surface area contributed by atoms with Crippen molar-refractivity contribution in [2.24, 2.45) is 0 Å². The van der Waals surface area contributed by atoms with Gasteiger partial charge in [-0.05, 0) is 63.8 Å². The molecule has 0 radical (unpaired) electrons. The Kier molecular flexibility index (Phi) is 6.88. The van der Waals surface area contributed by atoms with Crippen molar-refractivity contribution in [3.63, 3.8) is 0 Å². The lowest BCUT2D eigenvalue weighted by Crippen LogP contribution is -2.48. The normalized spacial score (nSPS) is 10.4. The minimum Gasteiger partial charge on any atom is -0.304 e. The Morgan fingerprint density at radius 3 is 1.32 bits per heavy atom. The second-order valence-corrected chi connectivity index (χ2v) is 6.63. The van der Waals surface area contributed by atoms with Gasteiger partial charge in [0.25, 0.3) is 0 Å². The zero-order valence-corrected chi connectivity index (χ0v) is 15.9. The lowest BCUT2D eigenvalue weighted by Gasteiger charge is -2.32. The summed E-state index contributed by atoms with van der Waals surface area (Å²) in [6.07, 6.45) is 0. The Morgan fingerprint density at radius 2 is 1.00 bits per heavy atom. The molecule has 2 aromatic rings. The van der Waals surface area contributed by atoms with E-state index in [1.807, 2.05) is 0 Å². The van der Waals surface area contributed by atoms with Gasteiger partial charge in [0.15, 0.2) is 0 Å². The Balaban J connectivity index is 2.05. The second-order valence-electron chi connectivity index (χ2n) is 6.63. The first-order valence-electron chi connectivity index (χ1n) is 9.03. The third kappa shape index (κ3) is 5.82. The van der Waals surface area contributed by atoms with Crippen molar-refractivity contribution in [3.8, 4) is 23.7 Å². The minimum atomic E-state index is 0.837. The van der Waals surface area contributed by atoms with E-state index < -0.39 is 0 Å². The molecule has 0 saturated heterocycles. The molecule has 0 amide bonds. The summed E-state index contributed by atoms with van der Waals surface area (Å²) in [5.74, 6) is 13.3. The molecule has 1 nitrogen and oxygen atoms in total. The number of hydrogen-bond acceptors (Lipinski definition) is 0. The van der Waals surface area contributed by atoms with Crippen LogP contribution in [-0.2, 0) is 0 Å². The third-order valence-electron chi connectivity index (χ3n) is 4.74.